The van der Waals surface area contributed by atoms with Crippen molar-refractivity contribution >= 4 is 5.69 Å². The number of nitrogens with two attached hydrogens (primary N) is 1. The van der Waals surface area contributed by atoms with E-state index in [1.54, 1.807) is 0 Å². The summed E-state index contributed by atoms with van der Waals surface area (Å²) in [4.78, 5) is 0. The molecule has 2 aromatic rings. The number of hydrogen-bond acceptors (Lipinski definition) is 3. The standard InChI is InChI=1S/C13H18N4/c1-3-8-17-10(2)15-16-13(17)9-11-4-6-12(14)7-5-11/h4-7H,3,8-9,14H2,1-2H3. The predicted molar refractivity (Wildman–Crippen MR) is 68.7 cm³/mol. The minimum Gasteiger partial charge on any atom is -0.399 e. The summed E-state index contributed by atoms with van der Waals surface area (Å²) in [6.45, 7) is 5.13. The van der Waals surface area contributed by atoms with E-state index in [4.69, 9.17) is 5.73 Å². The Morgan fingerprint density at radius 2 is 1.88 bits per heavy atom. The maximum atomic E-state index is 5.67. The summed E-state index contributed by atoms with van der Waals surface area (Å²) in [6.07, 6.45) is 1.90. The van der Waals surface area contributed by atoms with E-state index >= 15 is 0 Å². The third-order valence-electron chi connectivity index (χ3n) is 2.80. The number of aromatic nitrogens is 3. The second-order valence-corrected chi connectivity index (χ2v) is 4.23. The van der Waals surface area contributed by atoms with Crippen molar-refractivity contribution in [2.75, 3.05) is 5.73 Å². The number of benzene rings is 1. The Balaban J connectivity index is 2.20. The molecule has 0 bridgehead atoms. The quantitative estimate of drug-likeness (QED) is 0.819. The lowest BCUT2D eigenvalue weighted by Crippen LogP contribution is -2.06. The average molecular weight is 230 g/mol. The molecule has 90 valence electrons. The summed E-state index contributed by atoms with van der Waals surface area (Å²) in [7, 11) is 0. The molecule has 0 aliphatic heterocycles. The van der Waals surface area contributed by atoms with Crippen molar-refractivity contribution in [3.8, 4) is 0 Å². The van der Waals surface area contributed by atoms with Gasteiger partial charge in [-0.25, -0.2) is 0 Å². The molecule has 0 fully saturated rings. The SMILES string of the molecule is CCCn1c(C)nnc1Cc1ccc(N)cc1. The monoisotopic (exact) mass is 230 g/mol. The van der Waals surface area contributed by atoms with Gasteiger partial charge < -0.3 is 10.3 Å². The summed E-state index contributed by atoms with van der Waals surface area (Å²) in [5.74, 6) is 2.01. The molecule has 0 unspecified atom stereocenters. The van der Waals surface area contributed by atoms with E-state index in [0.717, 1.165) is 36.7 Å². The van der Waals surface area contributed by atoms with Crippen LogP contribution >= 0.6 is 0 Å². The van der Waals surface area contributed by atoms with Crippen molar-refractivity contribution in [3.05, 3.63) is 41.5 Å². The predicted octanol–water partition coefficient (Wildman–Crippen LogP) is 2.17. The van der Waals surface area contributed by atoms with Crippen LogP contribution < -0.4 is 5.73 Å². The van der Waals surface area contributed by atoms with E-state index in [1.165, 1.54) is 5.56 Å². The molecule has 2 N–H and O–H groups in total. The van der Waals surface area contributed by atoms with Crippen molar-refractivity contribution in [2.45, 2.75) is 33.2 Å². The van der Waals surface area contributed by atoms with Crippen LogP contribution in [-0.4, -0.2) is 14.8 Å². The Morgan fingerprint density at radius 1 is 1.18 bits per heavy atom. The largest absolute Gasteiger partial charge is 0.399 e. The van der Waals surface area contributed by atoms with E-state index in [-0.39, 0.29) is 0 Å². The summed E-state index contributed by atoms with van der Waals surface area (Å²) >= 11 is 0. The van der Waals surface area contributed by atoms with Crippen LogP contribution in [0.2, 0.25) is 0 Å². The molecule has 2 rings (SSSR count). The molecule has 1 heterocycles. The van der Waals surface area contributed by atoms with Gasteiger partial charge in [-0.15, -0.1) is 10.2 Å². The highest BCUT2D eigenvalue weighted by Crippen LogP contribution is 2.11. The van der Waals surface area contributed by atoms with E-state index in [9.17, 15) is 0 Å². The third kappa shape index (κ3) is 2.64. The first-order valence-corrected chi connectivity index (χ1v) is 5.93. The lowest BCUT2D eigenvalue weighted by Gasteiger charge is -2.07. The Labute approximate surface area is 101 Å². The molecule has 4 heteroatoms. The zero-order valence-electron chi connectivity index (χ0n) is 10.3. The van der Waals surface area contributed by atoms with Gasteiger partial charge in [0.2, 0.25) is 0 Å². The number of hydrogen-bond donors (Lipinski definition) is 1. The number of nitrogen functional groups attached to an aromatic ring is 1. The molecule has 0 radical (unpaired) electrons. The lowest BCUT2D eigenvalue weighted by atomic mass is 10.1. The molecule has 0 amide bonds. The first kappa shape index (κ1) is 11.6. The molecule has 1 aromatic carbocycles. The molecule has 0 aliphatic carbocycles. The van der Waals surface area contributed by atoms with Crippen LogP contribution in [0.3, 0.4) is 0 Å². The van der Waals surface area contributed by atoms with Gasteiger partial charge in [-0.2, -0.15) is 0 Å². The zero-order chi connectivity index (χ0) is 12.3. The van der Waals surface area contributed by atoms with Crippen LogP contribution in [0.25, 0.3) is 0 Å². The summed E-state index contributed by atoms with van der Waals surface area (Å²) < 4.78 is 2.18. The van der Waals surface area contributed by atoms with Crippen LogP contribution in [0.1, 0.15) is 30.6 Å². The summed E-state index contributed by atoms with van der Waals surface area (Å²) in [5, 5.41) is 8.37. The topological polar surface area (TPSA) is 56.7 Å². The van der Waals surface area contributed by atoms with Gasteiger partial charge in [0, 0.05) is 18.7 Å². The number of rotatable bonds is 4. The first-order valence-electron chi connectivity index (χ1n) is 5.93. The highest BCUT2D eigenvalue weighted by atomic mass is 15.3. The van der Waals surface area contributed by atoms with E-state index in [0.29, 0.717) is 0 Å². The number of anilines is 1. The van der Waals surface area contributed by atoms with Crippen LogP contribution in [-0.2, 0) is 13.0 Å². The highest BCUT2D eigenvalue weighted by Gasteiger charge is 2.08. The molecular formula is C13H18N4. The zero-order valence-corrected chi connectivity index (χ0v) is 10.3. The Bertz CT molecular complexity index is 485. The molecule has 4 nitrogen and oxygen atoms in total. The maximum absolute atomic E-state index is 5.67. The Hall–Kier alpha value is -1.84. The normalized spacial score (nSPS) is 10.7. The third-order valence-corrected chi connectivity index (χ3v) is 2.80. The van der Waals surface area contributed by atoms with Gasteiger partial charge in [-0.1, -0.05) is 19.1 Å². The lowest BCUT2D eigenvalue weighted by molar-refractivity contribution is 0.630. The van der Waals surface area contributed by atoms with E-state index in [1.807, 2.05) is 31.2 Å². The molecule has 0 saturated carbocycles. The number of aryl methyl sites for hydroxylation is 1. The van der Waals surface area contributed by atoms with E-state index in [2.05, 4.69) is 21.7 Å². The highest BCUT2D eigenvalue weighted by molar-refractivity contribution is 5.39. The van der Waals surface area contributed by atoms with Crippen molar-refractivity contribution in [3.63, 3.8) is 0 Å². The molecular weight excluding hydrogens is 212 g/mol. The summed E-state index contributed by atoms with van der Waals surface area (Å²) in [6, 6.07) is 7.91. The average Bonchev–Trinajstić information content (AvgIpc) is 2.65. The van der Waals surface area contributed by atoms with Crippen LogP contribution in [0.15, 0.2) is 24.3 Å². The van der Waals surface area contributed by atoms with Gasteiger partial charge >= 0.3 is 0 Å². The van der Waals surface area contributed by atoms with E-state index < -0.39 is 0 Å². The second-order valence-electron chi connectivity index (χ2n) is 4.23. The fourth-order valence-corrected chi connectivity index (χ4v) is 1.89. The Kier molecular flexibility index (Phi) is 3.42. The molecule has 0 atom stereocenters. The molecule has 1 aromatic heterocycles. The van der Waals surface area contributed by atoms with Crippen molar-refractivity contribution in [2.24, 2.45) is 0 Å². The van der Waals surface area contributed by atoms with Gasteiger partial charge in [0.15, 0.2) is 0 Å². The number of nitrogens with zero attached hydrogens (tertiary/aromatic N) is 3. The minimum atomic E-state index is 0.792. The van der Waals surface area contributed by atoms with Crippen LogP contribution in [0, 0.1) is 6.92 Å². The van der Waals surface area contributed by atoms with Gasteiger partial charge in [0.05, 0.1) is 0 Å². The molecule has 0 aliphatic rings. The van der Waals surface area contributed by atoms with Gasteiger partial charge in [-0.3, -0.25) is 0 Å². The fraction of sp³-hybridized carbons (Fsp3) is 0.385. The Morgan fingerprint density at radius 3 is 2.53 bits per heavy atom. The maximum Gasteiger partial charge on any atom is 0.137 e. The minimum absolute atomic E-state index is 0.792. The van der Waals surface area contributed by atoms with Gasteiger partial charge in [-0.05, 0) is 31.0 Å². The molecule has 0 saturated heterocycles. The van der Waals surface area contributed by atoms with Crippen molar-refractivity contribution in [1.82, 2.24) is 14.8 Å². The van der Waals surface area contributed by atoms with Gasteiger partial charge in [0.1, 0.15) is 11.6 Å². The second kappa shape index (κ2) is 4.99. The molecule has 17 heavy (non-hydrogen) atoms. The van der Waals surface area contributed by atoms with Crippen LogP contribution in [0.5, 0.6) is 0 Å². The van der Waals surface area contributed by atoms with Crippen LogP contribution in [0.4, 0.5) is 5.69 Å². The smallest absolute Gasteiger partial charge is 0.137 e. The van der Waals surface area contributed by atoms with Gasteiger partial charge in [0.25, 0.3) is 0 Å². The fourth-order valence-electron chi connectivity index (χ4n) is 1.89. The summed E-state index contributed by atoms with van der Waals surface area (Å²) in [5.41, 5.74) is 7.67. The first-order chi connectivity index (χ1) is 8.20. The van der Waals surface area contributed by atoms with Crippen molar-refractivity contribution < 1.29 is 0 Å². The van der Waals surface area contributed by atoms with Crippen molar-refractivity contribution in [1.29, 1.82) is 0 Å². The molecule has 0 spiro atoms.